The van der Waals surface area contributed by atoms with E-state index in [9.17, 15) is 0 Å². The third-order valence-corrected chi connectivity index (χ3v) is 31.8. The largest absolute Gasteiger partial charge is 0.0669 e. The standard InChI is InChI=1S/2C22H26Si2.2C20H22Si2/c1-3-10-21(11-4-1)23-16-14-19-8-7-9-20(18-19)15-17-24-22-12-5-2-6-13-22;1-3-7-21(8-4-1)23-17-15-19-11-13-20(14-12-19)16-18-24-22-9-5-2-6-10-22;1-3-10-19(11-4-1)21-15-17-8-7-9-18(14-17)16-22-20-12-5-2-6-13-20;1-3-7-19(8-4-1)21-15-17-11-13-18(14-12-17)16-22-20-9-5-2-6-10-20/h1-13,18H,14-17,23-24H2;1-14H,15-18,23-24H2;2*1-14H,15-16,21-22H2. The molecule has 12 aromatic rings. The molecule has 0 unspecified atom stereocenters. The molecule has 0 heterocycles. The molecular weight excluding hydrogens is 1230 g/mol. The summed E-state index contributed by atoms with van der Waals surface area (Å²) in [6.45, 7) is 0. The molecule has 0 fully saturated rings. The molecule has 0 aliphatic carbocycles. The Balaban J connectivity index is 0.000000145. The van der Waals surface area contributed by atoms with Crippen LogP contribution in [0, 0.1) is 0 Å². The number of hydrogen-bond acceptors (Lipinski definition) is 0. The van der Waals surface area contributed by atoms with Gasteiger partial charge in [-0.1, -0.05) is 428 Å². The van der Waals surface area contributed by atoms with Crippen molar-refractivity contribution in [3.05, 3.63) is 384 Å². The van der Waals surface area contributed by atoms with Crippen LogP contribution >= 0.6 is 0 Å². The molecule has 0 saturated heterocycles. The minimum absolute atomic E-state index is 0.102. The zero-order valence-corrected chi connectivity index (χ0v) is 65.8. The van der Waals surface area contributed by atoms with E-state index in [4.69, 9.17) is 0 Å². The monoisotopic (exact) mass is 1330 g/mol. The van der Waals surface area contributed by atoms with Gasteiger partial charge in [0.2, 0.25) is 0 Å². The van der Waals surface area contributed by atoms with Crippen molar-refractivity contribution in [2.24, 2.45) is 0 Å². The lowest BCUT2D eigenvalue weighted by Crippen LogP contribution is -2.17. The van der Waals surface area contributed by atoms with Crippen molar-refractivity contribution in [3.8, 4) is 0 Å². The van der Waals surface area contributed by atoms with Crippen LogP contribution in [0.15, 0.2) is 340 Å². The Morgan fingerprint density at radius 1 is 0.141 bits per heavy atom. The van der Waals surface area contributed by atoms with Crippen LogP contribution in [0.1, 0.15) is 44.5 Å². The highest BCUT2D eigenvalue weighted by Crippen LogP contribution is 2.13. The van der Waals surface area contributed by atoms with E-state index in [-0.39, 0.29) is 76.2 Å². The number of hydrogen-bond donors (Lipinski definition) is 0. The van der Waals surface area contributed by atoms with Gasteiger partial charge in [0.15, 0.2) is 0 Å². The minimum Gasteiger partial charge on any atom is -0.0669 e. The molecule has 0 spiro atoms. The molecule has 0 atom stereocenters. The van der Waals surface area contributed by atoms with E-state index in [0.717, 1.165) is 0 Å². The zero-order valence-electron chi connectivity index (χ0n) is 54.5. The lowest BCUT2D eigenvalue weighted by Gasteiger charge is -2.06. The third kappa shape index (κ3) is 27.7. The first-order valence-corrected chi connectivity index (χ1v) is 47.9. The lowest BCUT2D eigenvalue weighted by atomic mass is 10.1. The Kier molecular flexibility index (Phi) is 31.2. The van der Waals surface area contributed by atoms with Crippen LogP contribution in [-0.4, -0.2) is 76.2 Å². The van der Waals surface area contributed by atoms with Crippen molar-refractivity contribution in [1.29, 1.82) is 0 Å². The van der Waals surface area contributed by atoms with Gasteiger partial charge in [-0.15, -0.1) is 0 Å². The van der Waals surface area contributed by atoms with Crippen molar-refractivity contribution in [2.75, 3.05) is 0 Å². The Morgan fingerprint density at radius 2 is 0.326 bits per heavy atom. The van der Waals surface area contributed by atoms with Gasteiger partial charge in [0, 0.05) is 0 Å². The maximum Gasteiger partial charge on any atom is 0.0590 e. The molecule has 0 N–H and O–H groups in total. The summed E-state index contributed by atoms with van der Waals surface area (Å²) in [4.78, 5) is 0. The van der Waals surface area contributed by atoms with E-state index in [1.54, 1.807) is 41.5 Å². The first kappa shape index (κ1) is 68.7. The van der Waals surface area contributed by atoms with Gasteiger partial charge in [-0.2, -0.15) is 0 Å². The van der Waals surface area contributed by atoms with E-state index in [1.807, 2.05) is 0 Å². The third-order valence-electron chi connectivity index (χ3n) is 17.3. The van der Waals surface area contributed by atoms with Crippen LogP contribution in [0.3, 0.4) is 0 Å². The second-order valence-corrected chi connectivity index (χ2v) is 39.9. The molecule has 12 aromatic carbocycles. The van der Waals surface area contributed by atoms with Gasteiger partial charge in [0.25, 0.3) is 0 Å². The molecular formula is C84H96Si8. The predicted octanol–water partition coefficient (Wildman–Crippen LogP) is 8.54. The Hall–Kier alpha value is -7.62. The molecule has 0 saturated carbocycles. The number of benzene rings is 12. The van der Waals surface area contributed by atoms with Gasteiger partial charge in [0.1, 0.15) is 0 Å². The first-order valence-electron chi connectivity index (χ1n) is 34.2. The fraction of sp³-hybridized carbons (Fsp3) is 0.143. The topological polar surface area (TPSA) is 0 Å². The molecule has 8 heteroatoms. The Morgan fingerprint density at radius 3 is 0.576 bits per heavy atom. The normalized spacial score (nSPS) is 11.7. The van der Waals surface area contributed by atoms with E-state index >= 15 is 0 Å². The summed E-state index contributed by atoms with van der Waals surface area (Å²) in [7, 11) is -1.12. The summed E-state index contributed by atoms with van der Waals surface area (Å²) in [5.74, 6) is 0. The van der Waals surface area contributed by atoms with Crippen LogP contribution in [0.4, 0.5) is 0 Å². The fourth-order valence-corrected chi connectivity index (χ4v) is 24.3. The van der Waals surface area contributed by atoms with Crippen molar-refractivity contribution in [2.45, 2.75) is 74.0 Å². The molecule has 92 heavy (non-hydrogen) atoms. The van der Waals surface area contributed by atoms with Crippen molar-refractivity contribution in [3.63, 3.8) is 0 Å². The van der Waals surface area contributed by atoms with Gasteiger partial charge in [-0.3, -0.25) is 0 Å². The first-order chi connectivity index (χ1) is 45.6. The summed E-state index contributed by atoms with van der Waals surface area (Å²) in [6, 6.07) is 136. The highest BCUT2D eigenvalue weighted by Gasteiger charge is 2.05. The maximum atomic E-state index is 2.44. The van der Waals surface area contributed by atoms with Crippen molar-refractivity contribution in [1.82, 2.24) is 0 Å². The maximum absolute atomic E-state index is 2.44. The number of aryl methyl sites for hydroxylation is 4. The summed E-state index contributed by atoms with van der Waals surface area (Å²) in [6.07, 6.45) is 4.95. The molecule has 0 nitrogen and oxygen atoms in total. The number of rotatable bonds is 28. The summed E-state index contributed by atoms with van der Waals surface area (Å²) in [5, 5.41) is 12.6. The quantitative estimate of drug-likeness (QED) is 0.0432. The minimum atomic E-state index is -0.179. The van der Waals surface area contributed by atoms with Gasteiger partial charge in [0.05, 0.1) is 76.2 Å². The predicted molar refractivity (Wildman–Crippen MR) is 432 cm³/mol. The van der Waals surface area contributed by atoms with E-state index in [1.165, 1.54) is 119 Å². The molecule has 0 aromatic heterocycles. The van der Waals surface area contributed by atoms with Gasteiger partial charge in [-0.05, 0) is 72.1 Å². The fourth-order valence-electron chi connectivity index (χ4n) is 11.9. The molecule has 0 aliphatic heterocycles. The molecule has 0 radical (unpaired) electrons. The van der Waals surface area contributed by atoms with E-state index in [0.29, 0.717) is 0 Å². The van der Waals surface area contributed by atoms with E-state index in [2.05, 4.69) is 340 Å². The molecule has 464 valence electrons. The zero-order chi connectivity index (χ0) is 63.0. The van der Waals surface area contributed by atoms with Crippen LogP contribution in [0.25, 0.3) is 0 Å². The van der Waals surface area contributed by atoms with Crippen molar-refractivity contribution >= 4 is 118 Å². The van der Waals surface area contributed by atoms with Crippen LogP contribution in [0.2, 0.25) is 24.2 Å². The Labute approximate surface area is 571 Å². The van der Waals surface area contributed by atoms with Crippen molar-refractivity contribution < 1.29 is 0 Å². The summed E-state index contributed by atoms with van der Waals surface area (Å²) >= 11 is 0. The molecule has 12 rings (SSSR count). The second kappa shape index (κ2) is 41.8. The SMILES string of the molecule is c1ccc([SiH2]CCc2ccc(CC[SiH2]c3ccccc3)cc2)cc1.c1ccc([SiH2]CCc2cccc(CC[SiH2]c3ccccc3)c2)cc1.c1ccc([SiH2]Cc2ccc(C[SiH2]c3ccccc3)cc2)cc1.c1ccc([SiH2]Cc2cccc(C[SiH2]c3ccccc3)c2)cc1. The second-order valence-electron chi connectivity index (χ2n) is 24.6. The molecule has 0 bridgehead atoms. The average Bonchev–Trinajstić information content (AvgIpc) is 3.81. The molecule has 0 aliphatic rings. The smallest absolute Gasteiger partial charge is 0.0590 e. The van der Waals surface area contributed by atoms with Crippen LogP contribution < -0.4 is 41.5 Å². The lowest BCUT2D eigenvalue weighted by molar-refractivity contribution is 1.08. The Bertz CT molecular complexity index is 3580. The average molecular weight is 1330 g/mol. The van der Waals surface area contributed by atoms with Crippen LogP contribution in [0.5, 0.6) is 0 Å². The van der Waals surface area contributed by atoms with Gasteiger partial charge < -0.3 is 0 Å². The summed E-state index contributed by atoms with van der Waals surface area (Å²) < 4.78 is 0. The van der Waals surface area contributed by atoms with Gasteiger partial charge in [-0.25, -0.2) is 0 Å². The molecule has 0 amide bonds. The summed E-state index contributed by atoms with van der Waals surface area (Å²) in [5.41, 5.74) is 12.1. The highest BCUT2D eigenvalue weighted by atomic mass is 28.2. The van der Waals surface area contributed by atoms with Gasteiger partial charge >= 0.3 is 0 Å². The van der Waals surface area contributed by atoms with E-state index < -0.39 is 0 Å². The highest BCUT2D eigenvalue weighted by molar-refractivity contribution is 6.56. The van der Waals surface area contributed by atoms with Crippen LogP contribution in [-0.2, 0) is 49.9 Å².